The van der Waals surface area contributed by atoms with Crippen LogP contribution in [0.5, 0.6) is 0 Å². The second-order valence-corrected chi connectivity index (χ2v) is 3.11. The number of carbonyl (C=O) groups is 2. The van der Waals surface area contributed by atoms with Gasteiger partial charge in [-0.05, 0) is 13.8 Å². The molecule has 0 saturated carbocycles. The Bertz CT molecular complexity index is 407. The molecule has 1 aliphatic rings. The van der Waals surface area contributed by atoms with E-state index >= 15 is 0 Å². The summed E-state index contributed by atoms with van der Waals surface area (Å²) in [6.07, 6.45) is 3.07. The number of amides is 2. The average Bonchev–Trinajstić information content (AvgIpc) is 2.73. The number of imidazole rings is 1. The van der Waals surface area contributed by atoms with E-state index in [1.807, 2.05) is 0 Å². The van der Waals surface area contributed by atoms with Gasteiger partial charge in [0.25, 0.3) is 11.8 Å². The van der Waals surface area contributed by atoms with Crippen molar-refractivity contribution in [2.24, 2.45) is 0 Å². The molecule has 5 heteroatoms. The van der Waals surface area contributed by atoms with Crippen molar-refractivity contribution in [3.05, 3.63) is 23.5 Å². The molecular formula is C9H9N3O2. The first-order valence-electron chi connectivity index (χ1n) is 4.18. The number of anilines is 1. The highest BCUT2D eigenvalue weighted by molar-refractivity contribution is 6.31. The Morgan fingerprint density at radius 1 is 1.21 bits per heavy atom. The van der Waals surface area contributed by atoms with Gasteiger partial charge in [-0.2, -0.15) is 0 Å². The molecule has 0 aliphatic carbocycles. The van der Waals surface area contributed by atoms with Crippen LogP contribution in [0.15, 0.2) is 23.5 Å². The summed E-state index contributed by atoms with van der Waals surface area (Å²) in [5, 5.41) is 0. The Labute approximate surface area is 80.4 Å². The molecule has 1 N–H and O–H groups in total. The number of hydrogen-bond donors (Lipinski definition) is 1. The molecule has 0 bridgehead atoms. The van der Waals surface area contributed by atoms with Crippen LogP contribution in [0.3, 0.4) is 0 Å². The minimum Gasteiger partial charge on any atom is -0.330 e. The molecule has 2 amide bonds. The van der Waals surface area contributed by atoms with Crippen LogP contribution in [0.4, 0.5) is 5.95 Å². The Kier molecular flexibility index (Phi) is 1.73. The van der Waals surface area contributed by atoms with Crippen LogP contribution in [0.2, 0.25) is 0 Å². The highest BCUT2D eigenvalue weighted by atomic mass is 16.2. The van der Waals surface area contributed by atoms with Gasteiger partial charge >= 0.3 is 0 Å². The maximum atomic E-state index is 11.6. The Morgan fingerprint density at radius 2 is 1.79 bits per heavy atom. The molecular weight excluding hydrogens is 182 g/mol. The van der Waals surface area contributed by atoms with E-state index in [0.717, 1.165) is 4.90 Å². The number of nitrogens with zero attached hydrogens (tertiary/aromatic N) is 2. The van der Waals surface area contributed by atoms with Crippen LogP contribution in [0.1, 0.15) is 13.8 Å². The predicted octanol–water partition coefficient (Wildman–Crippen LogP) is 0.619. The number of aromatic amines is 1. The summed E-state index contributed by atoms with van der Waals surface area (Å²) in [4.78, 5) is 30.9. The van der Waals surface area contributed by atoms with Gasteiger partial charge in [0.15, 0.2) is 0 Å². The molecule has 1 aliphatic heterocycles. The molecule has 0 atom stereocenters. The molecule has 5 nitrogen and oxygen atoms in total. The standard InChI is InChI=1S/C9H9N3O2/c1-5-6(2)8(14)12(7(5)13)9-10-3-4-11-9/h3-4H,1-2H3,(H,10,11). The van der Waals surface area contributed by atoms with Crippen LogP contribution in [0.25, 0.3) is 0 Å². The lowest BCUT2D eigenvalue weighted by Crippen LogP contribution is -2.32. The van der Waals surface area contributed by atoms with Crippen molar-refractivity contribution >= 4 is 17.8 Å². The molecule has 0 spiro atoms. The summed E-state index contributed by atoms with van der Waals surface area (Å²) >= 11 is 0. The molecule has 0 radical (unpaired) electrons. The fourth-order valence-electron chi connectivity index (χ4n) is 1.32. The largest absolute Gasteiger partial charge is 0.330 e. The molecule has 1 aromatic rings. The molecule has 0 aromatic carbocycles. The van der Waals surface area contributed by atoms with E-state index in [9.17, 15) is 9.59 Å². The van der Waals surface area contributed by atoms with E-state index in [1.54, 1.807) is 20.0 Å². The third-order valence-electron chi connectivity index (χ3n) is 2.31. The minimum atomic E-state index is -0.303. The third kappa shape index (κ3) is 0.985. The van der Waals surface area contributed by atoms with Crippen LogP contribution in [0, 0.1) is 0 Å². The topological polar surface area (TPSA) is 66.1 Å². The van der Waals surface area contributed by atoms with Crippen molar-refractivity contribution in [2.75, 3.05) is 4.90 Å². The van der Waals surface area contributed by atoms with Crippen LogP contribution in [-0.2, 0) is 9.59 Å². The second kappa shape index (κ2) is 2.80. The zero-order chi connectivity index (χ0) is 10.3. The maximum Gasteiger partial charge on any atom is 0.263 e. The number of carbonyl (C=O) groups excluding carboxylic acids is 2. The first-order chi connectivity index (χ1) is 6.63. The van der Waals surface area contributed by atoms with E-state index < -0.39 is 0 Å². The van der Waals surface area contributed by atoms with Gasteiger partial charge in [-0.3, -0.25) is 9.59 Å². The lowest BCUT2D eigenvalue weighted by Gasteiger charge is -2.09. The molecule has 14 heavy (non-hydrogen) atoms. The number of imide groups is 1. The van der Waals surface area contributed by atoms with Crippen molar-refractivity contribution in [2.45, 2.75) is 13.8 Å². The van der Waals surface area contributed by atoms with E-state index in [-0.39, 0.29) is 17.8 Å². The van der Waals surface area contributed by atoms with Gasteiger partial charge in [0.1, 0.15) is 0 Å². The van der Waals surface area contributed by atoms with Crippen molar-refractivity contribution in [3.63, 3.8) is 0 Å². The SMILES string of the molecule is CC1=C(C)C(=O)N(c2ncc[nH]2)C1=O. The third-order valence-corrected chi connectivity index (χ3v) is 2.31. The van der Waals surface area contributed by atoms with Crippen LogP contribution in [-0.4, -0.2) is 21.8 Å². The minimum absolute atomic E-state index is 0.274. The summed E-state index contributed by atoms with van der Waals surface area (Å²) in [6, 6.07) is 0. The van der Waals surface area contributed by atoms with Gasteiger partial charge in [-0.1, -0.05) is 0 Å². The molecule has 0 fully saturated rings. The van der Waals surface area contributed by atoms with E-state index in [0.29, 0.717) is 11.1 Å². The maximum absolute atomic E-state index is 11.6. The van der Waals surface area contributed by atoms with Gasteiger partial charge < -0.3 is 4.98 Å². The van der Waals surface area contributed by atoms with Crippen molar-refractivity contribution in [1.82, 2.24) is 9.97 Å². The number of hydrogen-bond acceptors (Lipinski definition) is 3. The molecule has 2 heterocycles. The van der Waals surface area contributed by atoms with Crippen molar-refractivity contribution in [3.8, 4) is 0 Å². The fourth-order valence-corrected chi connectivity index (χ4v) is 1.32. The lowest BCUT2D eigenvalue weighted by molar-refractivity contribution is -0.120. The number of aromatic nitrogens is 2. The molecule has 1 aromatic heterocycles. The Morgan fingerprint density at radius 3 is 2.21 bits per heavy atom. The first-order valence-corrected chi connectivity index (χ1v) is 4.18. The van der Waals surface area contributed by atoms with Gasteiger partial charge in [-0.15, -0.1) is 0 Å². The van der Waals surface area contributed by atoms with Gasteiger partial charge in [0, 0.05) is 23.5 Å². The highest BCUT2D eigenvalue weighted by Crippen LogP contribution is 2.23. The van der Waals surface area contributed by atoms with Crippen LogP contribution >= 0.6 is 0 Å². The number of rotatable bonds is 1. The monoisotopic (exact) mass is 191 g/mol. The first kappa shape index (κ1) is 8.68. The zero-order valence-electron chi connectivity index (χ0n) is 7.87. The molecule has 0 unspecified atom stereocenters. The van der Waals surface area contributed by atoms with Crippen molar-refractivity contribution < 1.29 is 9.59 Å². The predicted molar refractivity (Wildman–Crippen MR) is 49.5 cm³/mol. The number of H-pyrrole nitrogens is 1. The van der Waals surface area contributed by atoms with E-state index in [4.69, 9.17) is 0 Å². The Balaban J connectivity index is 2.44. The van der Waals surface area contributed by atoms with E-state index in [1.165, 1.54) is 6.20 Å². The van der Waals surface area contributed by atoms with Gasteiger partial charge in [0.2, 0.25) is 5.95 Å². The summed E-state index contributed by atoms with van der Waals surface area (Å²) < 4.78 is 0. The lowest BCUT2D eigenvalue weighted by atomic mass is 10.2. The van der Waals surface area contributed by atoms with Gasteiger partial charge in [0.05, 0.1) is 0 Å². The summed E-state index contributed by atoms with van der Waals surface area (Å²) in [6.45, 7) is 3.27. The number of nitrogens with one attached hydrogen (secondary N) is 1. The smallest absolute Gasteiger partial charge is 0.263 e. The summed E-state index contributed by atoms with van der Waals surface area (Å²) in [5.74, 6) is -0.332. The normalized spacial score (nSPS) is 17.1. The molecule has 72 valence electrons. The van der Waals surface area contributed by atoms with E-state index in [2.05, 4.69) is 9.97 Å². The average molecular weight is 191 g/mol. The molecule has 2 rings (SSSR count). The van der Waals surface area contributed by atoms with Crippen LogP contribution < -0.4 is 4.90 Å². The second-order valence-electron chi connectivity index (χ2n) is 3.11. The molecule has 0 saturated heterocycles. The quantitative estimate of drug-likeness (QED) is 0.661. The highest BCUT2D eigenvalue weighted by Gasteiger charge is 2.35. The fraction of sp³-hybridized carbons (Fsp3) is 0.222. The summed E-state index contributed by atoms with van der Waals surface area (Å²) in [5.41, 5.74) is 0.956. The van der Waals surface area contributed by atoms with Gasteiger partial charge in [-0.25, -0.2) is 9.88 Å². The van der Waals surface area contributed by atoms with Crippen molar-refractivity contribution in [1.29, 1.82) is 0 Å². The summed E-state index contributed by atoms with van der Waals surface area (Å²) in [7, 11) is 0. The zero-order valence-corrected chi connectivity index (χ0v) is 7.87. The Hall–Kier alpha value is -1.91.